The molecule has 1 aliphatic rings. The minimum Gasteiger partial charge on any atom is -0.459 e. The van der Waals surface area contributed by atoms with Gasteiger partial charge in [0.05, 0.1) is 11.7 Å². The number of hydrogen-bond donors (Lipinski definition) is 0. The van der Waals surface area contributed by atoms with Crippen LogP contribution in [0.25, 0.3) is 0 Å². The SMILES string of the molecule is O=C(OC[C@H]1CCCO1)c1ccccc1I. The number of ether oxygens (including phenoxy) is 2. The second-order valence-corrected chi connectivity index (χ2v) is 4.88. The van der Waals surface area contributed by atoms with Crippen LogP contribution in [0.1, 0.15) is 23.2 Å². The quantitative estimate of drug-likeness (QED) is 0.631. The summed E-state index contributed by atoms with van der Waals surface area (Å²) < 4.78 is 11.5. The van der Waals surface area contributed by atoms with Crippen LogP contribution >= 0.6 is 22.6 Å². The molecule has 3 nitrogen and oxygen atoms in total. The third-order valence-corrected chi connectivity index (χ3v) is 3.46. The molecular formula is C12H13IO3. The molecule has 1 heterocycles. The highest BCUT2D eigenvalue weighted by Crippen LogP contribution is 2.15. The Kier molecular flexibility index (Phi) is 4.17. The van der Waals surface area contributed by atoms with Crippen molar-refractivity contribution in [2.24, 2.45) is 0 Å². The summed E-state index contributed by atoms with van der Waals surface area (Å²) in [6.07, 6.45) is 2.13. The van der Waals surface area contributed by atoms with Gasteiger partial charge in [0.1, 0.15) is 6.61 Å². The average Bonchev–Trinajstić information content (AvgIpc) is 2.79. The Morgan fingerprint density at radius 3 is 3.00 bits per heavy atom. The van der Waals surface area contributed by atoms with Crippen molar-refractivity contribution in [3.63, 3.8) is 0 Å². The van der Waals surface area contributed by atoms with Gasteiger partial charge in [-0.05, 0) is 47.6 Å². The third kappa shape index (κ3) is 2.95. The zero-order valence-corrected chi connectivity index (χ0v) is 11.0. The lowest BCUT2D eigenvalue weighted by molar-refractivity contribution is 0.0160. The number of benzene rings is 1. The molecule has 0 amide bonds. The van der Waals surface area contributed by atoms with Gasteiger partial charge in [0.25, 0.3) is 0 Å². The van der Waals surface area contributed by atoms with E-state index in [0.717, 1.165) is 23.0 Å². The lowest BCUT2D eigenvalue weighted by Crippen LogP contribution is -2.18. The van der Waals surface area contributed by atoms with Crippen molar-refractivity contribution in [1.29, 1.82) is 0 Å². The molecule has 0 unspecified atom stereocenters. The monoisotopic (exact) mass is 332 g/mol. The first-order chi connectivity index (χ1) is 7.77. The van der Waals surface area contributed by atoms with Crippen LogP contribution in [-0.2, 0) is 9.47 Å². The molecule has 0 N–H and O–H groups in total. The van der Waals surface area contributed by atoms with E-state index >= 15 is 0 Å². The molecule has 1 fully saturated rings. The Bertz CT molecular complexity index is 372. The molecule has 0 aliphatic carbocycles. The molecule has 0 aromatic heterocycles. The normalized spacial score (nSPS) is 19.7. The predicted octanol–water partition coefficient (Wildman–Crippen LogP) is 2.63. The molecule has 16 heavy (non-hydrogen) atoms. The van der Waals surface area contributed by atoms with E-state index in [1.807, 2.05) is 18.2 Å². The van der Waals surface area contributed by atoms with E-state index in [-0.39, 0.29) is 12.1 Å². The molecular weight excluding hydrogens is 319 g/mol. The van der Waals surface area contributed by atoms with E-state index in [4.69, 9.17) is 9.47 Å². The smallest absolute Gasteiger partial charge is 0.339 e. The van der Waals surface area contributed by atoms with Crippen LogP contribution in [0, 0.1) is 3.57 Å². The Labute approximate surface area is 108 Å². The van der Waals surface area contributed by atoms with Crippen molar-refractivity contribution < 1.29 is 14.3 Å². The highest BCUT2D eigenvalue weighted by Gasteiger charge is 2.18. The first-order valence-corrected chi connectivity index (χ1v) is 6.38. The average molecular weight is 332 g/mol. The van der Waals surface area contributed by atoms with E-state index < -0.39 is 0 Å². The maximum Gasteiger partial charge on any atom is 0.339 e. The van der Waals surface area contributed by atoms with Crippen molar-refractivity contribution in [2.75, 3.05) is 13.2 Å². The van der Waals surface area contributed by atoms with Crippen LogP contribution in [0.4, 0.5) is 0 Å². The first kappa shape index (κ1) is 11.9. The van der Waals surface area contributed by atoms with Gasteiger partial charge in [-0.3, -0.25) is 0 Å². The minimum absolute atomic E-state index is 0.0883. The van der Waals surface area contributed by atoms with Crippen molar-refractivity contribution in [3.8, 4) is 0 Å². The molecule has 0 spiro atoms. The Balaban J connectivity index is 1.90. The fourth-order valence-corrected chi connectivity index (χ4v) is 2.26. The molecule has 1 saturated heterocycles. The van der Waals surface area contributed by atoms with Crippen LogP contribution in [0.15, 0.2) is 24.3 Å². The number of esters is 1. The lowest BCUT2D eigenvalue weighted by Gasteiger charge is -2.10. The van der Waals surface area contributed by atoms with Crippen LogP contribution in [0.5, 0.6) is 0 Å². The molecule has 1 atom stereocenters. The summed E-state index contributed by atoms with van der Waals surface area (Å²) in [5, 5.41) is 0. The van der Waals surface area contributed by atoms with Gasteiger partial charge in [-0.15, -0.1) is 0 Å². The number of halogens is 1. The van der Waals surface area contributed by atoms with Gasteiger partial charge in [-0.25, -0.2) is 4.79 Å². The molecule has 0 radical (unpaired) electrons. The molecule has 4 heteroatoms. The van der Waals surface area contributed by atoms with Gasteiger partial charge in [-0.1, -0.05) is 12.1 Å². The summed E-state index contributed by atoms with van der Waals surface area (Å²) in [4.78, 5) is 11.7. The van der Waals surface area contributed by atoms with Crippen LogP contribution < -0.4 is 0 Å². The van der Waals surface area contributed by atoms with Crippen molar-refractivity contribution in [2.45, 2.75) is 18.9 Å². The third-order valence-electron chi connectivity index (χ3n) is 2.52. The molecule has 0 saturated carbocycles. The second-order valence-electron chi connectivity index (χ2n) is 3.71. The van der Waals surface area contributed by atoms with Crippen molar-refractivity contribution in [3.05, 3.63) is 33.4 Å². The number of hydrogen-bond acceptors (Lipinski definition) is 3. The van der Waals surface area contributed by atoms with E-state index in [0.29, 0.717) is 12.2 Å². The predicted molar refractivity (Wildman–Crippen MR) is 68.4 cm³/mol. The minimum atomic E-state index is -0.263. The van der Waals surface area contributed by atoms with Crippen LogP contribution in [0.3, 0.4) is 0 Å². The van der Waals surface area contributed by atoms with E-state index in [9.17, 15) is 4.79 Å². The van der Waals surface area contributed by atoms with Gasteiger partial charge in [0, 0.05) is 10.2 Å². The molecule has 86 valence electrons. The van der Waals surface area contributed by atoms with Crippen LogP contribution in [-0.4, -0.2) is 25.3 Å². The summed E-state index contributed by atoms with van der Waals surface area (Å²) in [5.74, 6) is -0.263. The number of rotatable bonds is 3. The van der Waals surface area contributed by atoms with E-state index in [1.165, 1.54) is 0 Å². The van der Waals surface area contributed by atoms with Crippen molar-refractivity contribution >= 4 is 28.6 Å². The summed E-state index contributed by atoms with van der Waals surface area (Å²) in [5.41, 5.74) is 0.626. The maximum absolute atomic E-state index is 11.7. The van der Waals surface area contributed by atoms with Gasteiger partial charge in [-0.2, -0.15) is 0 Å². The maximum atomic E-state index is 11.7. The zero-order chi connectivity index (χ0) is 11.4. The van der Waals surface area contributed by atoms with Gasteiger partial charge < -0.3 is 9.47 Å². The summed E-state index contributed by atoms with van der Waals surface area (Å²) in [6.45, 7) is 1.15. The van der Waals surface area contributed by atoms with Crippen LogP contribution in [0.2, 0.25) is 0 Å². The number of carbonyl (C=O) groups excluding carboxylic acids is 1. The fourth-order valence-electron chi connectivity index (χ4n) is 1.65. The lowest BCUT2D eigenvalue weighted by atomic mass is 10.2. The first-order valence-electron chi connectivity index (χ1n) is 5.30. The number of carbonyl (C=O) groups is 1. The highest BCUT2D eigenvalue weighted by molar-refractivity contribution is 14.1. The molecule has 1 aliphatic heterocycles. The van der Waals surface area contributed by atoms with E-state index in [2.05, 4.69) is 22.6 Å². The molecule has 0 bridgehead atoms. The van der Waals surface area contributed by atoms with E-state index in [1.54, 1.807) is 6.07 Å². The van der Waals surface area contributed by atoms with Gasteiger partial charge in [0.2, 0.25) is 0 Å². The van der Waals surface area contributed by atoms with Gasteiger partial charge >= 0.3 is 5.97 Å². The Hall–Kier alpha value is -0.620. The van der Waals surface area contributed by atoms with Gasteiger partial charge in [0.15, 0.2) is 0 Å². The Morgan fingerprint density at radius 1 is 1.50 bits per heavy atom. The molecule has 2 rings (SSSR count). The summed E-state index contributed by atoms with van der Waals surface area (Å²) >= 11 is 2.13. The second kappa shape index (κ2) is 5.63. The highest BCUT2D eigenvalue weighted by atomic mass is 127. The zero-order valence-electron chi connectivity index (χ0n) is 8.82. The molecule has 1 aromatic rings. The Morgan fingerprint density at radius 2 is 2.31 bits per heavy atom. The summed E-state index contributed by atoms with van der Waals surface area (Å²) in [7, 11) is 0. The van der Waals surface area contributed by atoms with Crippen molar-refractivity contribution in [1.82, 2.24) is 0 Å². The molecule has 1 aromatic carbocycles. The summed E-state index contributed by atoms with van der Waals surface area (Å²) in [6, 6.07) is 7.41. The fraction of sp³-hybridized carbons (Fsp3) is 0.417. The topological polar surface area (TPSA) is 35.5 Å². The standard InChI is InChI=1S/C12H13IO3/c13-11-6-2-1-5-10(11)12(14)16-8-9-4-3-7-15-9/h1-2,5-6,9H,3-4,7-8H2/t9-/m1/s1. The largest absolute Gasteiger partial charge is 0.459 e.